The normalized spacial score (nSPS) is 24.4. The van der Waals surface area contributed by atoms with Crippen LogP contribution in [0.5, 0.6) is 0 Å². The van der Waals surface area contributed by atoms with E-state index in [-0.39, 0.29) is 30.8 Å². The van der Waals surface area contributed by atoms with E-state index in [1.165, 1.54) is 32.0 Å². The van der Waals surface area contributed by atoms with Crippen LogP contribution in [0.2, 0.25) is 0 Å². The first-order chi connectivity index (χ1) is 21.9. The van der Waals surface area contributed by atoms with E-state index in [1.807, 2.05) is 0 Å². The summed E-state index contributed by atoms with van der Waals surface area (Å²) in [5, 5.41) is 24.2. The Kier molecular flexibility index (Phi) is 7.53. The van der Waals surface area contributed by atoms with Crippen LogP contribution < -0.4 is 4.90 Å². The van der Waals surface area contributed by atoms with Gasteiger partial charge in [0.05, 0.1) is 22.9 Å². The zero-order valence-electron chi connectivity index (χ0n) is 26.7. The van der Waals surface area contributed by atoms with Crippen molar-refractivity contribution in [3.63, 3.8) is 0 Å². The minimum atomic E-state index is -4.75. The van der Waals surface area contributed by atoms with Crippen LogP contribution in [-0.2, 0) is 16.5 Å². The first-order valence-electron chi connectivity index (χ1n) is 15.8. The van der Waals surface area contributed by atoms with Gasteiger partial charge in [0.2, 0.25) is 0 Å². The molecule has 1 amide bonds. The van der Waals surface area contributed by atoms with Crippen LogP contribution in [0.3, 0.4) is 0 Å². The van der Waals surface area contributed by atoms with Crippen molar-refractivity contribution in [2.24, 2.45) is 10.8 Å². The fraction of sp³-hybridized carbons (Fsp3) is 0.543. The van der Waals surface area contributed by atoms with Crippen LogP contribution in [0, 0.1) is 28.0 Å². The Bertz CT molecular complexity index is 1720. The molecule has 7 rings (SSSR count). The van der Waals surface area contributed by atoms with E-state index in [1.54, 1.807) is 24.3 Å². The molecule has 0 saturated heterocycles. The van der Waals surface area contributed by atoms with Crippen molar-refractivity contribution in [3.8, 4) is 17.2 Å². The first kappa shape index (κ1) is 32.9. The number of amides is 1. The number of nitrogens with zero attached hydrogens (tertiary/aromatic N) is 4. The van der Waals surface area contributed by atoms with Gasteiger partial charge in [0.1, 0.15) is 5.82 Å². The summed E-state index contributed by atoms with van der Waals surface area (Å²) in [4.78, 5) is 18.3. The van der Waals surface area contributed by atoms with Gasteiger partial charge in [-0.1, -0.05) is 29.4 Å². The Balaban J connectivity index is 1.38. The van der Waals surface area contributed by atoms with Crippen LogP contribution in [0.1, 0.15) is 96.3 Å². The lowest BCUT2D eigenvalue weighted by Crippen LogP contribution is -2.65. The number of carboxylic acid groups (broad SMARTS) is 1. The molecule has 1 heterocycles. The molecule has 12 heteroatoms. The SMILES string of the molecule is CC(C)(F)c1nc(C23CCC(C(N(C(=O)O)c4cccc(-c5ccc(C6(C#N)CC6)c(F)c5)c4)C(C)(C)C(F)(F)F)(CC2)CC3)no1. The third kappa shape index (κ3) is 5.35. The number of halogens is 5. The number of hydrogen-bond donors (Lipinski definition) is 1. The number of carbonyl (C=O) groups is 1. The summed E-state index contributed by atoms with van der Waals surface area (Å²) in [6.07, 6.45) is -3.14. The van der Waals surface area contributed by atoms with E-state index in [4.69, 9.17) is 4.52 Å². The fourth-order valence-corrected chi connectivity index (χ4v) is 8.01. The lowest BCUT2D eigenvalue weighted by atomic mass is 9.48. The van der Waals surface area contributed by atoms with Crippen LogP contribution >= 0.6 is 0 Å². The van der Waals surface area contributed by atoms with E-state index in [9.17, 15) is 32.7 Å². The number of rotatable bonds is 8. The van der Waals surface area contributed by atoms with E-state index >= 15 is 4.39 Å². The van der Waals surface area contributed by atoms with E-state index < -0.39 is 51.5 Å². The summed E-state index contributed by atoms with van der Waals surface area (Å²) < 4.78 is 79.8. The van der Waals surface area contributed by atoms with Gasteiger partial charge in [-0.3, -0.25) is 4.90 Å². The number of fused-ring (bicyclic) bond motifs is 3. The van der Waals surface area contributed by atoms with Crippen molar-refractivity contribution in [2.75, 3.05) is 4.90 Å². The first-order valence-corrected chi connectivity index (χ1v) is 15.8. The third-order valence-electron chi connectivity index (χ3n) is 11.1. The van der Waals surface area contributed by atoms with Gasteiger partial charge in [0.25, 0.3) is 5.89 Å². The van der Waals surface area contributed by atoms with Crippen molar-refractivity contribution in [3.05, 3.63) is 65.6 Å². The topological polar surface area (TPSA) is 103 Å². The predicted octanol–water partition coefficient (Wildman–Crippen LogP) is 9.37. The monoisotopic (exact) mass is 656 g/mol. The van der Waals surface area contributed by atoms with Gasteiger partial charge in [0, 0.05) is 16.7 Å². The van der Waals surface area contributed by atoms with Gasteiger partial charge in [-0.25, -0.2) is 13.6 Å². The number of alkyl halides is 4. The summed E-state index contributed by atoms with van der Waals surface area (Å²) >= 11 is 0. The van der Waals surface area contributed by atoms with Crippen molar-refractivity contribution in [1.82, 2.24) is 10.1 Å². The Labute approximate surface area is 269 Å². The zero-order chi connectivity index (χ0) is 34.2. The predicted molar refractivity (Wildman–Crippen MR) is 163 cm³/mol. The molecule has 4 fully saturated rings. The molecule has 4 aliphatic rings. The van der Waals surface area contributed by atoms with Gasteiger partial charge in [0.15, 0.2) is 11.5 Å². The average molecular weight is 657 g/mol. The lowest BCUT2D eigenvalue weighted by molar-refractivity contribution is -0.233. The minimum absolute atomic E-state index is 0.0438. The Morgan fingerprint density at radius 2 is 1.57 bits per heavy atom. The van der Waals surface area contributed by atoms with Crippen LogP contribution in [0.25, 0.3) is 11.1 Å². The molecule has 0 aliphatic heterocycles. The van der Waals surface area contributed by atoms with E-state index in [0.29, 0.717) is 54.6 Å². The van der Waals surface area contributed by atoms with Gasteiger partial charge >= 0.3 is 12.3 Å². The Morgan fingerprint density at radius 3 is 2.06 bits per heavy atom. The van der Waals surface area contributed by atoms with Crippen LogP contribution in [0.4, 0.5) is 32.4 Å². The van der Waals surface area contributed by atoms with E-state index in [2.05, 4.69) is 16.2 Å². The molecule has 7 nitrogen and oxygen atoms in total. The molecular formula is C35H37F5N4O3. The highest BCUT2D eigenvalue weighted by atomic mass is 19.4. The summed E-state index contributed by atoms with van der Waals surface area (Å²) in [7, 11) is 0. The lowest BCUT2D eigenvalue weighted by Gasteiger charge is -2.60. The summed E-state index contributed by atoms with van der Waals surface area (Å²) in [5.41, 5.74) is -5.60. The highest BCUT2D eigenvalue weighted by molar-refractivity contribution is 5.88. The maximum atomic E-state index is 15.2. The third-order valence-corrected chi connectivity index (χ3v) is 11.1. The molecular weight excluding hydrogens is 619 g/mol. The molecule has 1 atom stereocenters. The summed E-state index contributed by atoms with van der Waals surface area (Å²) in [6, 6.07) is 11.3. The van der Waals surface area contributed by atoms with Crippen LogP contribution in [-0.4, -0.2) is 33.6 Å². The molecule has 2 aromatic carbocycles. The van der Waals surface area contributed by atoms with Crippen molar-refractivity contribution < 1.29 is 36.4 Å². The molecule has 250 valence electrons. The van der Waals surface area contributed by atoms with Gasteiger partial charge in [-0.15, -0.1) is 0 Å². The second-order valence-electron chi connectivity index (χ2n) is 14.8. The van der Waals surface area contributed by atoms with Crippen molar-refractivity contribution in [1.29, 1.82) is 5.26 Å². The molecule has 47 heavy (non-hydrogen) atoms. The van der Waals surface area contributed by atoms with Gasteiger partial charge in [-0.05, 0) is 114 Å². The number of aromatic nitrogens is 2. The molecule has 0 spiro atoms. The van der Waals surface area contributed by atoms with E-state index in [0.717, 1.165) is 18.7 Å². The fourth-order valence-electron chi connectivity index (χ4n) is 8.01. The van der Waals surface area contributed by atoms with Crippen LogP contribution in [0.15, 0.2) is 47.0 Å². The second-order valence-corrected chi connectivity index (χ2v) is 14.8. The van der Waals surface area contributed by atoms with Gasteiger partial charge in [-0.2, -0.15) is 23.4 Å². The molecule has 4 saturated carbocycles. The summed E-state index contributed by atoms with van der Waals surface area (Å²) in [6.45, 7) is 4.71. The molecule has 2 bridgehead atoms. The van der Waals surface area contributed by atoms with Crippen molar-refractivity contribution in [2.45, 2.75) is 108 Å². The smallest absolute Gasteiger partial charge is 0.412 e. The molecule has 4 aliphatic carbocycles. The largest absolute Gasteiger partial charge is 0.465 e. The summed E-state index contributed by atoms with van der Waals surface area (Å²) in [5.74, 6) is -0.390. The average Bonchev–Trinajstić information content (AvgIpc) is 3.63. The maximum Gasteiger partial charge on any atom is 0.412 e. The molecule has 0 radical (unpaired) electrons. The Hall–Kier alpha value is -4.01. The Morgan fingerprint density at radius 1 is 0.957 bits per heavy atom. The molecule has 1 aromatic heterocycles. The molecule has 1 N–H and O–H groups in total. The minimum Gasteiger partial charge on any atom is -0.465 e. The highest BCUT2D eigenvalue weighted by Gasteiger charge is 2.65. The number of anilines is 1. The highest BCUT2D eigenvalue weighted by Crippen LogP contribution is 2.64. The van der Waals surface area contributed by atoms with Crippen molar-refractivity contribution >= 4 is 11.8 Å². The van der Waals surface area contributed by atoms with Gasteiger partial charge < -0.3 is 9.63 Å². The molecule has 1 unspecified atom stereocenters. The molecule has 3 aromatic rings. The maximum absolute atomic E-state index is 15.2. The number of nitriles is 1. The zero-order valence-corrected chi connectivity index (χ0v) is 26.7. The second kappa shape index (κ2) is 10.8. The number of benzene rings is 2. The standard InChI is InChI=1S/C35H37F5N4O3/c1-30(2,35(38,39)40)26(32-10-13-33(14-11-32,15-12-32)27-42-28(47-43-27)31(3,4)37)44(29(45)46)23-7-5-6-21(18-23)22-8-9-24(25(36)19-22)34(20-41)16-17-34/h5-9,18-19,26H,10-17H2,1-4H3,(H,45,46). The number of hydrogen-bond acceptors (Lipinski definition) is 5. The quantitative estimate of drug-likeness (QED) is 0.242.